The van der Waals surface area contributed by atoms with E-state index in [0.717, 1.165) is 12.8 Å². The number of carbonyl (C=O) groups is 2. The highest BCUT2D eigenvalue weighted by atomic mass is 35.5. The van der Waals surface area contributed by atoms with Gasteiger partial charge in [-0.2, -0.15) is 0 Å². The first kappa shape index (κ1) is 14.3. The highest BCUT2D eigenvalue weighted by Crippen LogP contribution is 2.33. The highest BCUT2D eigenvalue weighted by Gasteiger charge is 2.40. The van der Waals surface area contributed by atoms with Gasteiger partial charge in [-0.3, -0.25) is 9.59 Å². The van der Waals surface area contributed by atoms with E-state index < -0.39 is 11.9 Å². The third kappa shape index (κ3) is 2.62. The molecule has 6 heteroatoms. The maximum atomic E-state index is 13.2. The number of carbonyl (C=O) groups excluding carboxylic acids is 2. The maximum absolute atomic E-state index is 13.2. The zero-order valence-corrected chi connectivity index (χ0v) is 12.4. The van der Waals surface area contributed by atoms with Crippen molar-refractivity contribution in [3.05, 3.63) is 29.0 Å². The molecule has 0 spiro atoms. The summed E-state index contributed by atoms with van der Waals surface area (Å²) < 4.78 is 13.2. The van der Waals surface area contributed by atoms with Crippen molar-refractivity contribution in [2.24, 2.45) is 5.92 Å². The predicted molar refractivity (Wildman–Crippen MR) is 77.7 cm³/mol. The van der Waals surface area contributed by atoms with Gasteiger partial charge in [0.15, 0.2) is 0 Å². The zero-order chi connectivity index (χ0) is 15.1. The molecule has 1 aromatic carbocycles. The molecule has 112 valence electrons. The molecule has 1 aromatic rings. The Morgan fingerprint density at radius 2 is 2.05 bits per heavy atom. The Morgan fingerprint density at radius 3 is 2.67 bits per heavy atom. The SMILES string of the molecule is CC1C(=O)N(c2ccc(F)c(Cl)c2)CCN1C(=O)C1CC1. The van der Waals surface area contributed by atoms with Crippen LogP contribution in [0.3, 0.4) is 0 Å². The van der Waals surface area contributed by atoms with E-state index in [1.54, 1.807) is 16.7 Å². The molecule has 1 saturated heterocycles. The van der Waals surface area contributed by atoms with Crippen LogP contribution < -0.4 is 4.90 Å². The predicted octanol–water partition coefficient (Wildman–Crippen LogP) is 2.45. The van der Waals surface area contributed by atoms with E-state index in [1.165, 1.54) is 18.2 Å². The Kier molecular flexibility index (Phi) is 3.61. The van der Waals surface area contributed by atoms with E-state index in [1.807, 2.05) is 0 Å². The average molecular weight is 311 g/mol. The third-order valence-corrected chi connectivity index (χ3v) is 4.37. The second-order valence-electron chi connectivity index (χ2n) is 5.57. The summed E-state index contributed by atoms with van der Waals surface area (Å²) in [6.07, 6.45) is 1.85. The van der Waals surface area contributed by atoms with Gasteiger partial charge in [-0.05, 0) is 38.0 Å². The highest BCUT2D eigenvalue weighted by molar-refractivity contribution is 6.31. The molecule has 4 nitrogen and oxygen atoms in total. The third-order valence-electron chi connectivity index (χ3n) is 4.08. The van der Waals surface area contributed by atoms with Crippen LogP contribution in [0.25, 0.3) is 0 Å². The number of anilines is 1. The fraction of sp³-hybridized carbons (Fsp3) is 0.467. The second-order valence-corrected chi connectivity index (χ2v) is 5.98. The van der Waals surface area contributed by atoms with Crippen molar-refractivity contribution in [1.82, 2.24) is 4.90 Å². The molecule has 21 heavy (non-hydrogen) atoms. The van der Waals surface area contributed by atoms with Crippen LogP contribution in [-0.2, 0) is 9.59 Å². The Bertz CT molecular complexity index is 603. The standard InChI is InChI=1S/C15H16ClFN2O2/c1-9-14(20)19(11-4-5-13(17)12(16)8-11)7-6-18(9)15(21)10-2-3-10/h4-5,8-10H,2-3,6-7H2,1H3. The van der Waals surface area contributed by atoms with E-state index in [4.69, 9.17) is 11.6 Å². The number of hydrogen-bond donors (Lipinski definition) is 0. The van der Waals surface area contributed by atoms with Crippen molar-refractivity contribution in [3.8, 4) is 0 Å². The molecule has 1 atom stereocenters. The summed E-state index contributed by atoms with van der Waals surface area (Å²) in [5, 5.41) is -0.00978. The molecule has 1 heterocycles. The first-order chi connectivity index (χ1) is 9.99. The minimum absolute atomic E-state index is 0.00978. The smallest absolute Gasteiger partial charge is 0.249 e. The van der Waals surface area contributed by atoms with Gasteiger partial charge in [-0.25, -0.2) is 4.39 Å². The summed E-state index contributed by atoms with van der Waals surface area (Å²) in [5.74, 6) is -0.485. The Morgan fingerprint density at radius 1 is 1.33 bits per heavy atom. The van der Waals surface area contributed by atoms with Crippen molar-refractivity contribution < 1.29 is 14.0 Å². The topological polar surface area (TPSA) is 40.6 Å². The van der Waals surface area contributed by atoms with Gasteiger partial charge in [0.2, 0.25) is 11.8 Å². The Balaban J connectivity index is 1.79. The molecule has 0 bridgehead atoms. The summed E-state index contributed by atoms with van der Waals surface area (Å²) in [6, 6.07) is 3.73. The zero-order valence-electron chi connectivity index (χ0n) is 11.7. The first-order valence-electron chi connectivity index (χ1n) is 7.06. The number of amides is 2. The molecular formula is C15H16ClFN2O2. The van der Waals surface area contributed by atoms with Gasteiger partial charge in [-0.1, -0.05) is 11.6 Å². The Labute approximate surface area is 127 Å². The number of rotatable bonds is 2. The summed E-state index contributed by atoms with van der Waals surface area (Å²) in [6.45, 7) is 2.64. The molecule has 1 saturated carbocycles. The normalized spacial score (nSPS) is 22.6. The van der Waals surface area contributed by atoms with Crippen LogP contribution in [0.2, 0.25) is 5.02 Å². The van der Waals surface area contributed by atoms with Gasteiger partial charge in [-0.15, -0.1) is 0 Å². The summed E-state index contributed by atoms with van der Waals surface area (Å²) in [7, 11) is 0. The second kappa shape index (κ2) is 5.30. The lowest BCUT2D eigenvalue weighted by Crippen LogP contribution is -2.58. The number of benzene rings is 1. The van der Waals surface area contributed by atoms with Gasteiger partial charge in [0, 0.05) is 24.7 Å². The van der Waals surface area contributed by atoms with Crippen LogP contribution >= 0.6 is 11.6 Å². The van der Waals surface area contributed by atoms with E-state index >= 15 is 0 Å². The molecule has 1 aliphatic carbocycles. The van der Waals surface area contributed by atoms with E-state index in [0.29, 0.717) is 18.8 Å². The van der Waals surface area contributed by atoms with Crippen LogP contribution in [0.15, 0.2) is 18.2 Å². The minimum atomic E-state index is -0.511. The molecule has 3 rings (SSSR count). The van der Waals surface area contributed by atoms with Crippen molar-refractivity contribution in [2.75, 3.05) is 18.0 Å². The molecule has 0 N–H and O–H groups in total. The molecule has 2 fully saturated rings. The number of halogens is 2. The van der Waals surface area contributed by atoms with Gasteiger partial charge >= 0.3 is 0 Å². The summed E-state index contributed by atoms with van der Waals surface area (Å²) >= 11 is 5.77. The van der Waals surface area contributed by atoms with Crippen molar-refractivity contribution in [3.63, 3.8) is 0 Å². The van der Waals surface area contributed by atoms with Gasteiger partial charge < -0.3 is 9.80 Å². The Hall–Kier alpha value is -1.62. The lowest BCUT2D eigenvalue weighted by Gasteiger charge is -2.39. The van der Waals surface area contributed by atoms with Crippen LogP contribution in [0.5, 0.6) is 0 Å². The van der Waals surface area contributed by atoms with E-state index in [-0.39, 0.29) is 22.8 Å². The van der Waals surface area contributed by atoms with E-state index in [2.05, 4.69) is 0 Å². The first-order valence-corrected chi connectivity index (χ1v) is 7.43. The maximum Gasteiger partial charge on any atom is 0.249 e. The van der Waals surface area contributed by atoms with E-state index in [9.17, 15) is 14.0 Å². The molecule has 0 aromatic heterocycles. The fourth-order valence-electron chi connectivity index (χ4n) is 2.65. The van der Waals surface area contributed by atoms with Crippen molar-refractivity contribution in [2.45, 2.75) is 25.8 Å². The average Bonchev–Trinajstić information content (AvgIpc) is 3.29. The fourth-order valence-corrected chi connectivity index (χ4v) is 2.82. The van der Waals surface area contributed by atoms with Crippen LogP contribution in [0, 0.1) is 11.7 Å². The van der Waals surface area contributed by atoms with Gasteiger partial charge in [0.1, 0.15) is 11.9 Å². The number of piperazine rings is 1. The molecule has 1 unspecified atom stereocenters. The van der Waals surface area contributed by atoms with Crippen molar-refractivity contribution >= 4 is 29.1 Å². The van der Waals surface area contributed by atoms with Crippen LogP contribution in [0.4, 0.5) is 10.1 Å². The molecule has 2 amide bonds. The molecular weight excluding hydrogens is 295 g/mol. The largest absolute Gasteiger partial charge is 0.329 e. The van der Waals surface area contributed by atoms with Gasteiger partial charge in [0.05, 0.1) is 5.02 Å². The van der Waals surface area contributed by atoms with Crippen molar-refractivity contribution in [1.29, 1.82) is 0 Å². The van der Waals surface area contributed by atoms with Crippen LogP contribution in [0.1, 0.15) is 19.8 Å². The lowest BCUT2D eigenvalue weighted by molar-refractivity contribution is -0.141. The molecule has 0 radical (unpaired) electrons. The minimum Gasteiger partial charge on any atom is -0.329 e. The quantitative estimate of drug-likeness (QED) is 0.842. The number of hydrogen-bond acceptors (Lipinski definition) is 2. The molecule has 2 aliphatic rings. The summed E-state index contributed by atoms with van der Waals surface area (Å²) in [5.41, 5.74) is 0.566. The monoisotopic (exact) mass is 310 g/mol. The molecule has 1 aliphatic heterocycles. The lowest BCUT2D eigenvalue weighted by atomic mass is 10.1. The van der Waals surface area contributed by atoms with Crippen LogP contribution in [-0.4, -0.2) is 35.8 Å². The number of nitrogens with zero attached hydrogens (tertiary/aromatic N) is 2. The van der Waals surface area contributed by atoms with Gasteiger partial charge in [0.25, 0.3) is 0 Å². The summed E-state index contributed by atoms with van der Waals surface area (Å²) in [4.78, 5) is 27.8.